The van der Waals surface area contributed by atoms with E-state index in [9.17, 15) is 4.79 Å². The van der Waals surface area contributed by atoms with Gasteiger partial charge in [-0.15, -0.1) is 0 Å². The topological polar surface area (TPSA) is 54.9 Å². The van der Waals surface area contributed by atoms with Gasteiger partial charge in [0, 0.05) is 16.8 Å². The van der Waals surface area contributed by atoms with Gasteiger partial charge in [-0.1, -0.05) is 72.3 Å². The van der Waals surface area contributed by atoms with Crippen LogP contribution in [0.4, 0.5) is 5.69 Å². The molecule has 3 aromatic rings. The van der Waals surface area contributed by atoms with Crippen LogP contribution < -0.4 is 15.4 Å². The number of ether oxygens (including phenoxy) is 1. The van der Waals surface area contributed by atoms with E-state index < -0.39 is 6.04 Å². The predicted molar refractivity (Wildman–Crippen MR) is 113 cm³/mol. The monoisotopic (exact) mass is 395 g/mol. The zero-order valence-corrected chi connectivity index (χ0v) is 16.7. The second-order valence-electron chi connectivity index (χ2n) is 6.62. The minimum Gasteiger partial charge on any atom is -0.495 e. The molecule has 0 unspecified atom stereocenters. The van der Waals surface area contributed by atoms with Crippen molar-refractivity contribution in [3.63, 3.8) is 0 Å². The van der Waals surface area contributed by atoms with Crippen LogP contribution >= 0.6 is 11.6 Å². The first-order valence-electron chi connectivity index (χ1n) is 9.17. The highest BCUT2D eigenvalue weighted by molar-refractivity contribution is 6.32. The van der Waals surface area contributed by atoms with Crippen LogP contribution in [0.25, 0.3) is 0 Å². The molecule has 0 aliphatic rings. The molecule has 2 atom stereocenters. The first kappa shape index (κ1) is 19.9. The molecule has 0 spiro atoms. The number of nitrogens with two attached hydrogens (primary N) is 1. The Morgan fingerprint density at radius 1 is 0.964 bits per heavy atom. The summed E-state index contributed by atoms with van der Waals surface area (Å²) in [5, 5.41) is 5.51. The van der Waals surface area contributed by atoms with Gasteiger partial charge in [-0.3, -0.25) is 4.79 Å². The molecule has 0 bridgehead atoms. The number of nitrogens with one attached hydrogen (secondary N) is 1. The molecule has 3 N–H and O–H groups in total. The highest BCUT2D eigenvalue weighted by atomic mass is 35.5. The standard InChI is InChI=1S/C23H23ClN2O2/c1-16(17-9-5-3-6-10-17)25-22(18-11-7-4-8-12-18)23(27)26-19-13-14-21(28-2)20(24)15-19/h3-16,22,25H,1-2H3,(H,26,27)/p+1/t16-,22+/m0/s1. The van der Waals surface area contributed by atoms with E-state index in [1.54, 1.807) is 25.3 Å². The van der Waals surface area contributed by atoms with E-state index in [1.807, 2.05) is 48.5 Å². The third kappa shape index (κ3) is 4.91. The summed E-state index contributed by atoms with van der Waals surface area (Å²) in [5.41, 5.74) is 2.75. The smallest absolute Gasteiger partial charge is 0.287 e. The third-order valence-corrected chi connectivity index (χ3v) is 4.96. The summed E-state index contributed by atoms with van der Waals surface area (Å²) in [4.78, 5) is 13.1. The Morgan fingerprint density at radius 3 is 2.14 bits per heavy atom. The van der Waals surface area contributed by atoms with E-state index in [4.69, 9.17) is 16.3 Å². The molecule has 1 amide bonds. The molecule has 28 heavy (non-hydrogen) atoms. The van der Waals surface area contributed by atoms with Crippen molar-refractivity contribution in [1.29, 1.82) is 0 Å². The van der Waals surface area contributed by atoms with Crippen molar-refractivity contribution < 1.29 is 14.8 Å². The van der Waals surface area contributed by atoms with E-state index >= 15 is 0 Å². The number of hydrogen-bond acceptors (Lipinski definition) is 2. The Morgan fingerprint density at radius 2 is 1.57 bits per heavy atom. The number of amides is 1. The fourth-order valence-electron chi connectivity index (χ4n) is 3.13. The van der Waals surface area contributed by atoms with Gasteiger partial charge in [-0.2, -0.15) is 0 Å². The molecule has 144 valence electrons. The highest BCUT2D eigenvalue weighted by Crippen LogP contribution is 2.27. The summed E-state index contributed by atoms with van der Waals surface area (Å²) in [6.45, 7) is 2.10. The van der Waals surface area contributed by atoms with Crippen molar-refractivity contribution in [2.45, 2.75) is 19.0 Å². The molecule has 0 aliphatic carbocycles. The minimum atomic E-state index is -0.391. The van der Waals surface area contributed by atoms with Gasteiger partial charge in [0.15, 0.2) is 6.04 Å². The van der Waals surface area contributed by atoms with Crippen molar-refractivity contribution in [3.8, 4) is 5.75 Å². The van der Waals surface area contributed by atoms with Gasteiger partial charge in [-0.05, 0) is 25.1 Å². The van der Waals surface area contributed by atoms with E-state index in [1.165, 1.54) is 5.56 Å². The van der Waals surface area contributed by atoms with Crippen molar-refractivity contribution in [1.82, 2.24) is 0 Å². The summed E-state index contributed by atoms with van der Waals surface area (Å²) in [7, 11) is 1.56. The lowest BCUT2D eigenvalue weighted by Gasteiger charge is -2.20. The van der Waals surface area contributed by atoms with Crippen molar-refractivity contribution in [2.75, 3.05) is 12.4 Å². The largest absolute Gasteiger partial charge is 0.495 e. The molecule has 3 rings (SSSR count). The van der Waals surface area contributed by atoms with Gasteiger partial charge in [0.25, 0.3) is 5.91 Å². The summed E-state index contributed by atoms with van der Waals surface area (Å²) >= 11 is 6.19. The Kier molecular flexibility index (Phi) is 6.69. The van der Waals surface area contributed by atoms with Gasteiger partial charge in [-0.25, -0.2) is 0 Å². The van der Waals surface area contributed by atoms with Crippen molar-refractivity contribution in [3.05, 3.63) is 95.0 Å². The quantitative estimate of drug-likeness (QED) is 0.624. The van der Waals surface area contributed by atoms with Gasteiger partial charge in [0.1, 0.15) is 11.8 Å². The normalized spacial score (nSPS) is 12.8. The summed E-state index contributed by atoms with van der Waals surface area (Å²) < 4.78 is 5.17. The van der Waals surface area contributed by atoms with Gasteiger partial charge >= 0.3 is 0 Å². The fourth-order valence-corrected chi connectivity index (χ4v) is 3.39. The number of anilines is 1. The van der Waals surface area contributed by atoms with Crippen LogP contribution in [0.5, 0.6) is 5.75 Å². The van der Waals surface area contributed by atoms with Crippen LogP contribution in [0.15, 0.2) is 78.9 Å². The molecule has 4 nitrogen and oxygen atoms in total. The van der Waals surface area contributed by atoms with E-state index in [0.29, 0.717) is 16.5 Å². The average Bonchev–Trinajstić information content (AvgIpc) is 2.73. The van der Waals surface area contributed by atoms with Crippen LogP contribution in [0.1, 0.15) is 30.1 Å². The molecule has 3 aromatic carbocycles. The molecule has 0 saturated heterocycles. The minimum absolute atomic E-state index is 0.102. The molecular formula is C23H24ClN2O2+. The summed E-state index contributed by atoms with van der Waals surface area (Å²) in [5.74, 6) is 0.471. The Labute approximate surface area is 170 Å². The highest BCUT2D eigenvalue weighted by Gasteiger charge is 2.27. The van der Waals surface area contributed by atoms with Crippen molar-refractivity contribution >= 4 is 23.2 Å². The molecule has 0 saturated carbocycles. The first-order valence-corrected chi connectivity index (χ1v) is 9.55. The second-order valence-corrected chi connectivity index (χ2v) is 7.03. The van der Waals surface area contributed by atoms with Crippen LogP contribution in [-0.4, -0.2) is 13.0 Å². The second kappa shape index (κ2) is 9.40. The number of hydrogen-bond donors (Lipinski definition) is 2. The van der Waals surface area contributed by atoms with E-state index in [2.05, 4.69) is 29.7 Å². The predicted octanol–water partition coefficient (Wildman–Crippen LogP) is 4.35. The molecule has 0 heterocycles. The van der Waals surface area contributed by atoms with Crippen molar-refractivity contribution in [2.24, 2.45) is 0 Å². The number of benzene rings is 3. The van der Waals surface area contributed by atoms with Crippen LogP contribution in [0, 0.1) is 0 Å². The molecular weight excluding hydrogens is 372 g/mol. The van der Waals surface area contributed by atoms with E-state index in [-0.39, 0.29) is 11.9 Å². The average molecular weight is 396 g/mol. The lowest BCUT2D eigenvalue weighted by Crippen LogP contribution is -2.87. The fraction of sp³-hybridized carbons (Fsp3) is 0.174. The van der Waals surface area contributed by atoms with Gasteiger partial charge in [0.05, 0.1) is 12.1 Å². The summed E-state index contributed by atoms with van der Waals surface area (Å²) in [6.07, 6.45) is 0. The molecule has 5 heteroatoms. The lowest BCUT2D eigenvalue weighted by molar-refractivity contribution is -0.718. The Hall–Kier alpha value is -2.82. The maximum Gasteiger partial charge on any atom is 0.287 e. The molecule has 0 radical (unpaired) electrons. The summed E-state index contributed by atoms with van der Waals surface area (Å²) in [6, 6.07) is 24.9. The first-order chi connectivity index (χ1) is 13.6. The van der Waals surface area contributed by atoms with Crippen LogP contribution in [0.3, 0.4) is 0 Å². The number of carbonyl (C=O) groups excluding carboxylic acids is 1. The zero-order chi connectivity index (χ0) is 19.9. The maximum atomic E-state index is 13.1. The van der Waals surface area contributed by atoms with Gasteiger partial charge < -0.3 is 15.4 Å². The molecule has 0 aliphatic heterocycles. The SMILES string of the molecule is COc1ccc(NC(=O)[C@H]([NH2+][C@@H](C)c2ccccc2)c2ccccc2)cc1Cl. The number of methoxy groups -OCH3 is 1. The Bertz CT molecular complexity index is 916. The van der Waals surface area contributed by atoms with E-state index in [0.717, 1.165) is 5.56 Å². The van der Waals surface area contributed by atoms with Crippen LogP contribution in [-0.2, 0) is 4.79 Å². The number of carbonyl (C=O) groups is 1. The van der Waals surface area contributed by atoms with Crippen LogP contribution in [0.2, 0.25) is 5.02 Å². The third-order valence-electron chi connectivity index (χ3n) is 4.67. The Balaban J connectivity index is 1.82. The molecule has 0 fully saturated rings. The number of halogens is 1. The van der Waals surface area contributed by atoms with Gasteiger partial charge in [0.2, 0.25) is 0 Å². The lowest BCUT2D eigenvalue weighted by atomic mass is 10.0. The molecule has 0 aromatic heterocycles. The number of quaternary nitrogens is 1. The maximum absolute atomic E-state index is 13.1. The zero-order valence-electron chi connectivity index (χ0n) is 15.9. The number of rotatable bonds is 7.